The van der Waals surface area contributed by atoms with Crippen LogP contribution in [0, 0.1) is 11.8 Å². The van der Waals surface area contributed by atoms with E-state index in [1.807, 2.05) is 87.1 Å². The number of para-hydroxylation sites is 1. The van der Waals surface area contributed by atoms with Crippen LogP contribution < -0.4 is 21.7 Å². The van der Waals surface area contributed by atoms with Crippen LogP contribution in [0.15, 0.2) is 66.7 Å². The number of nitrogens with two attached hydrogens (primary N) is 1. The number of hydrogen-bond acceptors (Lipinski definition) is 12. The number of likely N-dealkylation sites (tertiary alicyclic amines) is 1. The third-order valence-corrected chi connectivity index (χ3v) is 11.2. The molecule has 2 heterocycles. The third kappa shape index (κ3) is 14.6. The topological polar surface area (TPSA) is 212 Å². The molecule has 2 fully saturated rings. The highest BCUT2D eigenvalue weighted by Crippen LogP contribution is 2.40. The number of benzene rings is 2. The smallest absolute Gasteiger partial charge is 0.332 e. The van der Waals surface area contributed by atoms with Crippen molar-refractivity contribution in [1.29, 1.82) is 0 Å². The lowest BCUT2D eigenvalue weighted by Crippen LogP contribution is -2.63. The van der Waals surface area contributed by atoms with Crippen LogP contribution in [0.25, 0.3) is 10.9 Å². The van der Waals surface area contributed by atoms with E-state index in [0.29, 0.717) is 24.5 Å². The van der Waals surface area contributed by atoms with Gasteiger partial charge in [-0.2, -0.15) is 0 Å². The van der Waals surface area contributed by atoms with Crippen LogP contribution in [0.1, 0.15) is 75.3 Å². The van der Waals surface area contributed by atoms with E-state index >= 15 is 0 Å². The van der Waals surface area contributed by atoms with E-state index in [2.05, 4.69) is 20.9 Å². The van der Waals surface area contributed by atoms with Gasteiger partial charge in [0.2, 0.25) is 17.7 Å². The summed E-state index contributed by atoms with van der Waals surface area (Å²) in [5.41, 5.74) is 6.51. The molecule has 3 aromatic rings. The fourth-order valence-electron chi connectivity index (χ4n) is 8.30. The van der Waals surface area contributed by atoms with Gasteiger partial charge in [0, 0.05) is 24.0 Å². The van der Waals surface area contributed by atoms with Gasteiger partial charge in [0.15, 0.2) is 0 Å². The number of esters is 2. The quantitative estimate of drug-likeness (QED) is 0.121. The van der Waals surface area contributed by atoms with Crippen LogP contribution >= 0.6 is 0 Å². The van der Waals surface area contributed by atoms with E-state index in [1.54, 1.807) is 18.2 Å². The predicted octanol–water partition coefficient (Wildman–Crippen LogP) is 2.76. The Morgan fingerprint density at radius 1 is 0.887 bits per heavy atom. The monoisotopic (exact) mass is 857 g/mol. The van der Waals surface area contributed by atoms with Crippen LogP contribution in [-0.4, -0.2) is 134 Å². The van der Waals surface area contributed by atoms with E-state index in [4.69, 9.17) is 19.9 Å². The van der Waals surface area contributed by atoms with Gasteiger partial charge in [-0.25, -0.2) is 14.6 Å². The lowest BCUT2D eigenvalue weighted by Gasteiger charge is -2.48. The summed E-state index contributed by atoms with van der Waals surface area (Å²) < 4.78 is 16.8. The second-order valence-corrected chi connectivity index (χ2v) is 17.6. The Labute approximate surface area is 364 Å². The minimum Gasteiger partial charge on any atom is -0.463 e. The zero-order valence-corrected chi connectivity index (χ0v) is 36.6. The number of aromatic nitrogens is 1. The Bertz CT molecular complexity index is 2010. The summed E-state index contributed by atoms with van der Waals surface area (Å²) in [4.78, 5) is 89.0. The molecule has 2 aromatic carbocycles. The fourth-order valence-corrected chi connectivity index (χ4v) is 8.30. The summed E-state index contributed by atoms with van der Waals surface area (Å²) in [7, 11) is 3.69. The van der Waals surface area contributed by atoms with Crippen LogP contribution in [0.3, 0.4) is 0 Å². The molecule has 0 unspecified atom stereocenters. The number of nitrogens with zero attached hydrogens (tertiary/aromatic N) is 3. The molecule has 16 heteroatoms. The molecule has 336 valence electrons. The predicted molar refractivity (Wildman–Crippen MR) is 232 cm³/mol. The van der Waals surface area contributed by atoms with E-state index in [1.165, 1.54) is 6.07 Å². The first-order valence-corrected chi connectivity index (χ1v) is 21.5. The number of carbonyl (C=O) groups is 6. The molecule has 4 amide bonds. The van der Waals surface area contributed by atoms with E-state index in [0.717, 1.165) is 43.1 Å². The number of ether oxygens (including phenoxy) is 3. The van der Waals surface area contributed by atoms with Crippen LogP contribution in [0.2, 0.25) is 0 Å². The molecule has 1 saturated heterocycles. The zero-order chi connectivity index (χ0) is 44.8. The molecule has 1 saturated carbocycles. The lowest BCUT2D eigenvalue weighted by atomic mass is 9.70. The standard InChI is InChI=1S/C46H63N7O9/c1-46(2,3)51-45(59)42-33-17-11-9-15-31(33)21-22-53(42)27-38(62-41(56)29-60-28-40(55)61-24-23-52(4)5)36(25-30-13-7-6-8-14-30)49-44(58)37(26-39(47)54)50-43(57)35-20-19-32-16-10-12-18-34(32)48-35/h6-8,10,12-14,16,18-20,31,33,36-38,42H,9,11,15,17,21-29H2,1-5H3,(H2,47,54)(H,49,58)(H,50,57)(H,51,59)/t31-,33-,36+,37+,38-,42+/m1/s1. The first-order chi connectivity index (χ1) is 29.6. The minimum absolute atomic E-state index is 0.0332. The highest BCUT2D eigenvalue weighted by molar-refractivity contribution is 5.99. The fraction of sp³-hybridized carbons (Fsp3) is 0.543. The molecule has 1 aliphatic carbocycles. The Hall–Kier alpha value is -5.45. The summed E-state index contributed by atoms with van der Waals surface area (Å²) in [6.45, 7) is 5.98. The number of pyridine rings is 1. The van der Waals surface area contributed by atoms with Gasteiger partial charge in [-0.1, -0.05) is 73.9 Å². The Morgan fingerprint density at radius 2 is 1.60 bits per heavy atom. The largest absolute Gasteiger partial charge is 0.463 e. The summed E-state index contributed by atoms with van der Waals surface area (Å²) in [6.07, 6.45) is 3.38. The van der Waals surface area contributed by atoms with Gasteiger partial charge in [-0.05, 0) is 90.2 Å². The third-order valence-electron chi connectivity index (χ3n) is 11.2. The number of amides is 4. The number of fused-ring (bicyclic) bond motifs is 2. The number of hydrogen-bond donors (Lipinski definition) is 4. The molecule has 0 spiro atoms. The number of likely N-dealkylation sites (N-methyl/N-ethyl adjacent to an activating group) is 1. The number of carbonyl (C=O) groups excluding carboxylic acids is 6. The van der Waals surface area contributed by atoms with Crippen molar-refractivity contribution in [2.75, 3.05) is 53.6 Å². The van der Waals surface area contributed by atoms with Crippen molar-refractivity contribution in [3.63, 3.8) is 0 Å². The van der Waals surface area contributed by atoms with Crippen molar-refractivity contribution in [3.8, 4) is 0 Å². The number of primary amides is 1. The van der Waals surface area contributed by atoms with Gasteiger partial charge in [-0.3, -0.25) is 24.1 Å². The van der Waals surface area contributed by atoms with Crippen molar-refractivity contribution in [3.05, 3.63) is 78.0 Å². The lowest BCUT2D eigenvalue weighted by molar-refractivity contribution is -0.162. The van der Waals surface area contributed by atoms with Crippen molar-refractivity contribution in [2.24, 2.45) is 17.6 Å². The van der Waals surface area contributed by atoms with Crippen LogP contribution in [0.4, 0.5) is 0 Å². The number of piperidine rings is 1. The van der Waals surface area contributed by atoms with Crippen molar-refractivity contribution in [2.45, 2.75) is 95.5 Å². The summed E-state index contributed by atoms with van der Waals surface area (Å²) >= 11 is 0. The minimum atomic E-state index is -1.42. The molecule has 5 rings (SSSR count). The van der Waals surface area contributed by atoms with Gasteiger partial charge in [-0.15, -0.1) is 0 Å². The molecule has 2 aliphatic rings. The second-order valence-electron chi connectivity index (χ2n) is 17.6. The molecular weight excluding hydrogens is 795 g/mol. The first kappa shape index (κ1) is 47.6. The molecule has 16 nitrogen and oxygen atoms in total. The molecule has 0 bridgehead atoms. The van der Waals surface area contributed by atoms with Crippen molar-refractivity contribution >= 4 is 46.5 Å². The van der Waals surface area contributed by atoms with Gasteiger partial charge < -0.3 is 40.8 Å². The summed E-state index contributed by atoms with van der Waals surface area (Å²) in [5, 5.41) is 9.64. The van der Waals surface area contributed by atoms with Gasteiger partial charge in [0.25, 0.3) is 5.91 Å². The normalized spacial score (nSPS) is 19.4. The Balaban J connectivity index is 1.44. The second kappa shape index (κ2) is 22.6. The molecular formula is C46H63N7O9. The Morgan fingerprint density at radius 3 is 2.32 bits per heavy atom. The SMILES string of the molecule is CN(C)CCOC(=O)COCC(=O)O[C@H](CN1CC[C@H]2CCCC[C@H]2[C@H]1C(=O)NC(C)(C)C)[C@H](Cc1ccccc1)NC(=O)[C@H](CC(N)=O)NC(=O)c1ccc2ccccc2n1. The number of nitrogens with one attached hydrogen (secondary N) is 3. The van der Waals surface area contributed by atoms with Gasteiger partial charge >= 0.3 is 11.9 Å². The van der Waals surface area contributed by atoms with E-state index in [9.17, 15) is 28.8 Å². The molecule has 0 radical (unpaired) electrons. The molecule has 6 atom stereocenters. The zero-order valence-electron chi connectivity index (χ0n) is 36.6. The summed E-state index contributed by atoms with van der Waals surface area (Å²) in [6, 6.07) is 16.9. The maximum Gasteiger partial charge on any atom is 0.332 e. The van der Waals surface area contributed by atoms with E-state index in [-0.39, 0.29) is 37.1 Å². The first-order valence-electron chi connectivity index (χ1n) is 21.5. The van der Waals surface area contributed by atoms with E-state index < -0.39 is 79.1 Å². The molecule has 62 heavy (non-hydrogen) atoms. The highest BCUT2D eigenvalue weighted by Gasteiger charge is 2.45. The van der Waals surface area contributed by atoms with Crippen LogP contribution in [0.5, 0.6) is 0 Å². The Kier molecular flexibility index (Phi) is 17.3. The average Bonchev–Trinajstić information content (AvgIpc) is 3.22. The van der Waals surface area contributed by atoms with Crippen molar-refractivity contribution < 1.29 is 43.0 Å². The van der Waals surface area contributed by atoms with Crippen molar-refractivity contribution in [1.82, 2.24) is 30.7 Å². The molecule has 5 N–H and O–H groups in total. The highest BCUT2D eigenvalue weighted by atomic mass is 16.6. The summed E-state index contributed by atoms with van der Waals surface area (Å²) in [5.74, 6) is -3.42. The average molecular weight is 858 g/mol. The maximum absolute atomic E-state index is 14.4. The number of rotatable bonds is 20. The van der Waals surface area contributed by atoms with Gasteiger partial charge in [0.1, 0.15) is 37.7 Å². The van der Waals surface area contributed by atoms with Crippen LogP contribution in [-0.2, 0) is 44.6 Å². The molecule has 1 aromatic heterocycles. The molecule has 1 aliphatic heterocycles. The van der Waals surface area contributed by atoms with Gasteiger partial charge in [0.05, 0.1) is 24.0 Å². The maximum atomic E-state index is 14.4.